The van der Waals surface area contributed by atoms with Crippen molar-refractivity contribution in [1.82, 2.24) is 5.32 Å². The van der Waals surface area contributed by atoms with Crippen molar-refractivity contribution in [2.75, 3.05) is 6.54 Å². The van der Waals surface area contributed by atoms with Gasteiger partial charge in [0.2, 0.25) is 5.96 Å². The second-order valence-electron chi connectivity index (χ2n) is 1.76. The summed E-state index contributed by atoms with van der Waals surface area (Å²) in [5.74, 6) is 0.332. The number of nitrogens with zero attached hydrogens (tertiary/aromatic N) is 2. The Kier molecular flexibility index (Phi) is 1.69. The topological polar surface area (TPSA) is 78.5 Å². The third kappa shape index (κ3) is 1.43. The first-order valence-corrected chi connectivity index (χ1v) is 2.77. The molecule has 1 radical (unpaired) electrons. The predicted octanol–water partition coefficient (Wildman–Crippen LogP) is -0.891. The number of hydrogen-bond acceptors (Lipinski definition) is 3. The summed E-state index contributed by atoms with van der Waals surface area (Å²) in [7, 11) is 0. The summed E-state index contributed by atoms with van der Waals surface area (Å²) in [4.78, 5) is 3.75. The van der Waals surface area contributed by atoms with Gasteiger partial charge in [0.05, 0.1) is 11.9 Å². The molecule has 9 heavy (non-hydrogen) atoms. The van der Waals surface area contributed by atoms with Gasteiger partial charge < -0.3 is 11.5 Å². The Bertz CT molecular complexity index is 158. The van der Waals surface area contributed by atoms with Crippen LogP contribution in [0, 0.1) is 0 Å². The van der Waals surface area contributed by atoms with E-state index in [1.165, 1.54) is 0 Å². The molecule has 0 saturated carbocycles. The van der Waals surface area contributed by atoms with Crippen LogP contribution >= 0.6 is 0 Å². The van der Waals surface area contributed by atoms with E-state index in [0.29, 0.717) is 12.5 Å². The van der Waals surface area contributed by atoms with E-state index in [-0.39, 0.29) is 0 Å². The molecule has 49 valence electrons. The second-order valence-corrected chi connectivity index (χ2v) is 1.76. The van der Waals surface area contributed by atoms with Crippen LogP contribution in [0.2, 0.25) is 0 Å². The molecule has 0 aromatic rings. The zero-order valence-electron chi connectivity index (χ0n) is 5.04. The van der Waals surface area contributed by atoms with Crippen LogP contribution in [0.15, 0.2) is 16.9 Å². The van der Waals surface area contributed by atoms with Crippen LogP contribution in [-0.4, -0.2) is 12.5 Å². The summed E-state index contributed by atoms with van der Waals surface area (Å²) in [5.41, 5.74) is 11.4. The summed E-state index contributed by atoms with van der Waals surface area (Å²) in [6, 6.07) is 0. The molecule has 0 atom stereocenters. The Morgan fingerprint density at radius 3 is 2.78 bits per heavy atom. The Morgan fingerprint density at radius 2 is 2.33 bits per heavy atom. The summed E-state index contributed by atoms with van der Waals surface area (Å²) in [5, 5.41) is 3.89. The SMILES string of the molecule is NCCC1=CN=C(N)[N]1. The van der Waals surface area contributed by atoms with Crippen molar-refractivity contribution < 1.29 is 0 Å². The smallest absolute Gasteiger partial charge is 0.220 e. The minimum atomic E-state index is 0.332. The van der Waals surface area contributed by atoms with E-state index in [0.717, 1.165) is 12.1 Å². The van der Waals surface area contributed by atoms with Gasteiger partial charge >= 0.3 is 0 Å². The van der Waals surface area contributed by atoms with Crippen LogP contribution in [0.25, 0.3) is 0 Å². The molecular formula is C5H9N4. The molecule has 1 aliphatic heterocycles. The molecule has 0 spiro atoms. The molecule has 4 nitrogen and oxygen atoms in total. The molecule has 1 heterocycles. The van der Waals surface area contributed by atoms with Gasteiger partial charge in [0.1, 0.15) is 0 Å². The average Bonchev–Trinajstić information content (AvgIpc) is 2.17. The van der Waals surface area contributed by atoms with E-state index in [2.05, 4.69) is 10.3 Å². The highest BCUT2D eigenvalue weighted by molar-refractivity contribution is 5.81. The van der Waals surface area contributed by atoms with Crippen molar-refractivity contribution in [1.29, 1.82) is 0 Å². The van der Waals surface area contributed by atoms with E-state index in [9.17, 15) is 0 Å². The fourth-order valence-electron chi connectivity index (χ4n) is 0.614. The lowest BCUT2D eigenvalue weighted by Gasteiger charge is -1.95. The van der Waals surface area contributed by atoms with Gasteiger partial charge in [-0.15, -0.1) is 0 Å². The molecule has 0 amide bonds. The van der Waals surface area contributed by atoms with Crippen molar-refractivity contribution in [3.05, 3.63) is 11.9 Å². The normalized spacial score (nSPS) is 16.6. The standard InChI is InChI=1S/C5H9N4/c6-2-1-4-3-8-5(7)9-4/h3H,1-2,6H2,(H2,7,8). The van der Waals surface area contributed by atoms with Crippen LogP contribution in [0.3, 0.4) is 0 Å². The highest BCUT2D eigenvalue weighted by atomic mass is 15.1. The molecule has 1 aliphatic rings. The van der Waals surface area contributed by atoms with E-state index >= 15 is 0 Å². The van der Waals surface area contributed by atoms with E-state index < -0.39 is 0 Å². The van der Waals surface area contributed by atoms with Crippen molar-refractivity contribution in [3.63, 3.8) is 0 Å². The van der Waals surface area contributed by atoms with E-state index in [4.69, 9.17) is 11.5 Å². The molecule has 0 bridgehead atoms. The zero-order valence-corrected chi connectivity index (χ0v) is 5.04. The average molecular weight is 125 g/mol. The molecule has 1 rings (SSSR count). The molecule has 4 heteroatoms. The van der Waals surface area contributed by atoms with Crippen molar-refractivity contribution >= 4 is 5.96 Å². The first-order valence-electron chi connectivity index (χ1n) is 2.77. The van der Waals surface area contributed by atoms with Gasteiger partial charge in [-0.3, -0.25) is 0 Å². The van der Waals surface area contributed by atoms with E-state index in [1.807, 2.05) is 0 Å². The third-order valence-corrected chi connectivity index (χ3v) is 1.00. The van der Waals surface area contributed by atoms with Crippen molar-refractivity contribution in [3.8, 4) is 0 Å². The maximum absolute atomic E-state index is 5.26. The van der Waals surface area contributed by atoms with Crippen molar-refractivity contribution in [2.45, 2.75) is 6.42 Å². The lowest BCUT2D eigenvalue weighted by Crippen LogP contribution is -2.21. The first-order chi connectivity index (χ1) is 4.33. The van der Waals surface area contributed by atoms with Gasteiger partial charge in [0.25, 0.3) is 0 Å². The van der Waals surface area contributed by atoms with E-state index in [1.54, 1.807) is 6.20 Å². The van der Waals surface area contributed by atoms with Crippen LogP contribution < -0.4 is 16.8 Å². The minimum absolute atomic E-state index is 0.332. The minimum Gasteiger partial charge on any atom is -0.368 e. The van der Waals surface area contributed by atoms with Crippen LogP contribution in [0.5, 0.6) is 0 Å². The quantitative estimate of drug-likeness (QED) is 0.502. The zero-order chi connectivity index (χ0) is 6.69. The monoisotopic (exact) mass is 125 g/mol. The highest BCUT2D eigenvalue weighted by Crippen LogP contribution is 2.01. The molecule has 0 aromatic carbocycles. The second kappa shape index (κ2) is 2.50. The first kappa shape index (κ1) is 6.10. The lowest BCUT2D eigenvalue weighted by atomic mass is 10.3. The van der Waals surface area contributed by atoms with Gasteiger partial charge in [-0.25, -0.2) is 10.3 Å². The van der Waals surface area contributed by atoms with Gasteiger partial charge in [-0.1, -0.05) is 0 Å². The summed E-state index contributed by atoms with van der Waals surface area (Å²) in [6.07, 6.45) is 2.40. The number of nitrogens with two attached hydrogens (primary N) is 2. The molecule has 4 N–H and O–H groups in total. The third-order valence-electron chi connectivity index (χ3n) is 1.00. The lowest BCUT2D eigenvalue weighted by molar-refractivity contribution is 0.892. The van der Waals surface area contributed by atoms with Crippen LogP contribution in [-0.2, 0) is 0 Å². The fourth-order valence-corrected chi connectivity index (χ4v) is 0.614. The van der Waals surface area contributed by atoms with Crippen LogP contribution in [0.1, 0.15) is 6.42 Å². The predicted molar refractivity (Wildman–Crippen MR) is 35.5 cm³/mol. The number of rotatable bonds is 2. The van der Waals surface area contributed by atoms with Gasteiger partial charge in [0, 0.05) is 6.42 Å². The number of guanidine groups is 1. The maximum atomic E-state index is 5.26. The fraction of sp³-hybridized carbons (Fsp3) is 0.400. The Hall–Kier alpha value is -1.03. The summed E-state index contributed by atoms with van der Waals surface area (Å²) in [6.45, 7) is 0.595. The molecule has 0 saturated heterocycles. The van der Waals surface area contributed by atoms with Crippen molar-refractivity contribution in [2.24, 2.45) is 16.5 Å². The summed E-state index contributed by atoms with van der Waals surface area (Å²) < 4.78 is 0. The molecule has 0 unspecified atom stereocenters. The molecule has 0 fully saturated rings. The molecular weight excluding hydrogens is 116 g/mol. The number of aliphatic imine (C=N–C) groups is 1. The van der Waals surface area contributed by atoms with Gasteiger partial charge in [-0.2, -0.15) is 0 Å². The molecule has 0 aliphatic carbocycles. The Balaban J connectivity index is 2.35. The Morgan fingerprint density at radius 1 is 1.56 bits per heavy atom. The Labute approximate surface area is 53.6 Å². The number of hydrogen-bond donors (Lipinski definition) is 2. The van der Waals surface area contributed by atoms with Gasteiger partial charge in [-0.05, 0) is 6.54 Å². The highest BCUT2D eigenvalue weighted by Gasteiger charge is 2.05. The van der Waals surface area contributed by atoms with Crippen LogP contribution in [0.4, 0.5) is 0 Å². The maximum Gasteiger partial charge on any atom is 0.220 e. The molecule has 0 aromatic heterocycles. The van der Waals surface area contributed by atoms with Gasteiger partial charge in [0.15, 0.2) is 0 Å². The summed E-state index contributed by atoms with van der Waals surface area (Å²) >= 11 is 0. The largest absolute Gasteiger partial charge is 0.368 e.